The molecule has 0 bridgehead atoms. The fourth-order valence-corrected chi connectivity index (χ4v) is 2.95. The first kappa shape index (κ1) is 12.9. The number of hydrogen-bond acceptors (Lipinski definition) is 3. The van der Waals surface area contributed by atoms with Crippen LogP contribution in [0.25, 0.3) is 0 Å². The predicted octanol–water partition coefficient (Wildman–Crippen LogP) is 2.76. The maximum atomic E-state index is 9.05. The Labute approximate surface area is 108 Å². The molecular weight excluding hydrogens is 230 g/mol. The molecule has 1 aliphatic rings. The van der Waals surface area contributed by atoms with E-state index >= 15 is 0 Å². The summed E-state index contributed by atoms with van der Waals surface area (Å²) >= 11 is 1.78. The standard InChI is InChI=1S/C14H21NOS/c1-17-14-6-4-12(5-7-14)11-15-9-2-3-13(15)8-10-16/h4-7,13,16H,2-3,8-11H2,1H3/t13-/m1/s1. The Kier molecular flexibility index (Phi) is 4.89. The van der Waals surface area contributed by atoms with Crippen molar-refractivity contribution in [3.63, 3.8) is 0 Å². The second-order valence-corrected chi connectivity index (χ2v) is 5.51. The minimum absolute atomic E-state index is 0.312. The van der Waals surface area contributed by atoms with E-state index in [1.807, 2.05) is 0 Å². The molecule has 17 heavy (non-hydrogen) atoms. The molecule has 0 aromatic heterocycles. The molecule has 1 atom stereocenters. The van der Waals surface area contributed by atoms with Gasteiger partial charge in [-0.15, -0.1) is 11.8 Å². The van der Waals surface area contributed by atoms with Gasteiger partial charge in [0.1, 0.15) is 0 Å². The number of benzene rings is 1. The molecule has 2 nitrogen and oxygen atoms in total. The molecule has 1 aromatic rings. The molecule has 1 saturated heterocycles. The summed E-state index contributed by atoms with van der Waals surface area (Å²) in [6.45, 7) is 2.51. The largest absolute Gasteiger partial charge is 0.396 e. The van der Waals surface area contributed by atoms with Crippen LogP contribution in [0.3, 0.4) is 0 Å². The van der Waals surface area contributed by atoms with Crippen molar-refractivity contribution in [2.24, 2.45) is 0 Å². The van der Waals surface area contributed by atoms with Gasteiger partial charge in [-0.2, -0.15) is 0 Å². The lowest BCUT2D eigenvalue weighted by molar-refractivity contribution is 0.190. The third kappa shape index (κ3) is 3.47. The van der Waals surface area contributed by atoms with Gasteiger partial charge in [0.25, 0.3) is 0 Å². The van der Waals surface area contributed by atoms with E-state index < -0.39 is 0 Å². The van der Waals surface area contributed by atoms with Crippen LogP contribution >= 0.6 is 11.8 Å². The molecule has 1 aliphatic heterocycles. The third-order valence-corrected chi connectivity index (χ3v) is 4.25. The smallest absolute Gasteiger partial charge is 0.0445 e. The van der Waals surface area contributed by atoms with E-state index in [2.05, 4.69) is 35.4 Å². The van der Waals surface area contributed by atoms with Gasteiger partial charge in [-0.25, -0.2) is 0 Å². The Bertz CT molecular complexity index is 339. The van der Waals surface area contributed by atoms with Gasteiger partial charge in [-0.1, -0.05) is 12.1 Å². The van der Waals surface area contributed by atoms with Crippen molar-refractivity contribution in [3.05, 3.63) is 29.8 Å². The molecule has 0 unspecified atom stereocenters. The van der Waals surface area contributed by atoms with Crippen molar-refractivity contribution >= 4 is 11.8 Å². The molecule has 1 aromatic carbocycles. The number of rotatable bonds is 5. The van der Waals surface area contributed by atoms with Gasteiger partial charge < -0.3 is 5.11 Å². The minimum atomic E-state index is 0.312. The van der Waals surface area contributed by atoms with Gasteiger partial charge in [0.2, 0.25) is 0 Å². The van der Waals surface area contributed by atoms with Crippen LogP contribution in [0.2, 0.25) is 0 Å². The SMILES string of the molecule is CSc1ccc(CN2CCC[C@@H]2CCO)cc1. The Hall–Kier alpha value is -0.510. The van der Waals surface area contributed by atoms with Gasteiger partial charge in [0.05, 0.1) is 0 Å². The maximum absolute atomic E-state index is 9.05. The van der Waals surface area contributed by atoms with E-state index in [9.17, 15) is 0 Å². The van der Waals surface area contributed by atoms with Crippen LogP contribution in [-0.2, 0) is 6.54 Å². The van der Waals surface area contributed by atoms with E-state index in [1.165, 1.54) is 29.8 Å². The van der Waals surface area contributed by atoms with Gasteiger partial charge in [-0.05, 0) is 49.8 Å². The third-order valence-electron chi connectivity index (χ3n) is 3.51. The van der Waals surface area contributed by atoms with E-state index in [0.717, 1.165) is 13.0 Å². The summed E-state index contributed by atoms with van der Waals surface area (Å²) in [5, 5.41) is 9.05. The van der Waals surface area contributed by atoms with Crippen LogP contribution in [0, 0.1) is 0 Å². The fraction of sp³-hybridized carbons (Fsp3) is 0.571. The van der Waals surface area contributed by atoms with Gasteiger partial charge in [-0.3, -0.25) is 4.90 Å². The molecule has 0 saturated carbocycles. The predicted molar refractivity (Wildman–Crippen MR) is 73.4 cm³/mol. The summed E-state index contributed by atoms with van der Waals surface area (Å²) in [5.41, 5.74) is 1.38. The van der Waals surface area contributed by atoms with Crippen molar-refractivity contribution < 1.29 is 5.11 Å². The number of aliphatic hydroxyl groups is 1. The molecule has 0 aliphatic carbocycles. The molecule has 1 heterocycles. The lowest BCUT2D eigenvalue weighted by Gasteiger charge is -2.23. The van der Waals surface area contributed by atoms with Crippen molar-refractivity contribution in [2.45, 2.75) is 36.7 Å². The Morgan fingerprint density at radius 1 is 1.35 bits per heavy atom. The zero-order valence-corrected chi connectivity index (χ0v) is 11.2. The summed E-state index contributed by atoms with van der Waals surface area (Å²) in [6, 6.07) is 9.41. The molecule has 2 rings (SSSR count). The Morgan fingerprint density at radius 2 is 2.12 bits per heavy atom. The molecule has 0 radical (unpaired) electrons. The maximum Gasteiger partial charge on any atom is 0.0445 e. The molecule has 0 amide bonds. The highest BCUT2D eigenvalue weighted by Gasteiger charge is 2.23. The molecule has 0 spiro atoms. The first-order valence-corrected chi connectivity index (χ1v) is 7.54. The van der Waals surface area contributed by atoms with Crippen LogP contribution in [0.5, 0.6) is 0 Å². The summed E-state index contributed by atoms with van der Waals surface area (Å²) in [4.78, 5) is 3.83. The van der Waals surface area contributed by atoms with E-state index in [0.29, 0.717) is 12.6 Å². The zero-order chi connectivity index (χ0) is 12.1. The highest BCUT2D eigenvalue weighted by molar-refractivity contribution is 7.98. The summed E-state index contributed by atoms with van der Waals surface area (Å²) in [5.74, 6) is 0. The second-order valence-electron chi connectivity index (χ2n) is 4.63. The van der Waals surface area contributed by atoms with Crippen molar-refractivity contribution in [3.8, 4) is 0 Å². The lowest BCUT2D eigenvalue weighted by atomic mass is 10.1. The number of hydrogen-bond donors (Lipinski definition) is 1. The fourth-order valence-electron chi connectivity index (χ4n) is 2.54. The van der Waals surface area contributed by atoms with Crippen molar-refractivity contribution in [2.75, 3.05) is 19.4 Å². The lowest BCUT2D eigenvalue weighted by Crippen LogP contribution is -2.29. The topological polar surface area (TPSA) is 23.5 Å². The molecule has 1 N–H and O–H groups in total. The monoisotopic (exact) mass is 251 g/mol. The number of nitrogens with zero attached hydrogens (tertiary/aromatic N) is 1. The number of likely N-dealkylation sites (tertiary alicyclic amines) is 1. The number of aliphatic hydroxyl groups excluding tert-OH is 1. The van der Waals surface area contributed by atoms with E-state index in [-0.39, 0.29) is 0 Å². The molecule has 94 valence electrons. The van der Waals surface area contributed by atoms with Crippen LogP contribution in [-0.4, -0.2) is 35.5 Å². The normalized spacial score (nSPS) is 20.9. The second kappa shape index (κ2) is 6.43. The molecular formula is C14H21NOS. The van der Waals surface area contributed by atoms with Crippen LogP contribution < -0.4 is 0 Å². The average Bonchev–Trinajstić information content (AvgIpc) is 2.78. The first-order chi connectivity index (χ1) is 8.33. The van der Waals surface area contributed by atoms with Crippen LogP contribution in [0.1, 0.15) is 24.8 Å². The highest BCUT2D eigenvalue weighted by atomic mass is 32.2. The molecule has 1 fully saturated rings. The van der Waals surface area contributed by atoms with Crippen LogP contribution in [0.4, 0.5) is 0 Å². The van der Waals surface area contributed by atoms with E-state index in [4.69, 9.17) is 5.11 Å². The Morgan fingerprint density at radius 3 is 2.76 bits per heavy atom. The zero-order valence-electron chi connectivity index (χ0n) is 10.4. The summed E-state index contributed by atoms with van der Waals surface area (Å²) in [6.07, 6.45) is 5.53. The number of thioether (sulfide) groups is 1. The van der Waals surface area contributed by atoms with Gasteiger partial charge >= 0.3 is 0 Å². The van der Waals surface area contributed by atoms with Gasteiger partial charge in [0, 0.05) is 24.1 Å². The molecule has 3 heteroatoms. The Balaban J connectivity index is 1.94. The van der Waals surface area contributed by atoms with Crippen molar-refractivity contribution in [1.82, 2.24) is 4.90 Å². The van der Waals surface area contributed by atoms with Gasteiger partial charge in [0.15, 0.2) is 0 Å². The van der Waals surface area contributed by atoms with Crippen molar-refractivity contribution in [1.29, 1.82) is 0 Å². The van der Waals surface area contributed by atoms with Crippen LogP contribution in [0.15, 0.2) is 29.2 Å². The quantitative estimate of drug-likeness (QED) is 0.814. The van der Waals surface area contributed by atoms with E-state index in [1.54, 1.807) is 11.8 Å². The highest BCUT2D eigenvalue weighted by Crippen LogP contribution is 2.23. The first-order valence-electron chi connectivity index (χ1n) is 6.31. The average molecular weight is 251 g/mol. The summed E-state index contributed by atoms with van der Waals surface area (Å²) < 4.78 is 0. The minimum Gasteiger partial charge on any atom is -0.396 e. The summed E-state index contributed by atoms with van der Waals surface area (Å²) in [7, 11) is 0.